The lowest BCUT2D eigenvalue weighted by Crippen LogP contribution is -2.27. The largest absolute Gasteiger partial charge is 0.348 e. The zero-order valence-electron chi connectivity index (χ0n) is 7.44. The van der Waals surface area contributed by atoms with Gasteiger partial charge in [-0.25, -0.2) is 0 Å². The third-order valence-corrected chi connectivity index (χ3v) is 1.81. The zero-order valence-corrected chi connectivity index (χ0v) is 7.44. The summed E-state index contributed by atoms with van der Waals surface area (Å²) in [5, 5.41) is 0. The van der Waals surface area contributed by atoms with Gasteiger partial charge in [0.15, 0.2) is 0 Å². The molecule has 0 amide bonds. The molecule has 0 fully saturated rings. The van der Waals surface area contributed by atoms with Crippen LogP contribution in [-0.2, 0) is 15.3 Å². The third-order valence-electron chi connectivity index (χ3n) is 1.81. The summed E-state index contributed by atoms with van der Waals surface area (Å²) in [5.74, 6) is -0.797. The fourth-order valence-corrected chi connectivity index (χ4v) is 0.826. The van der Waals surface area contributed by atoms with E-state index in [2.05, 4.69) is 9.97 Å². The van der Waals surface area contributed by atoms with Crippen LogP contribution in [0.15, 0.2) is 18.6 Å². The summed E-state index contributed by atoms with van der Waals surface area (Å²) in [6.07, 6.45) is 4.83. The van der Waals surface area contributed by atoms with Gasteiger partial charge in [0.1, 0.15) is 5.69 Å². The van der Waals surface area contributed by atoms with Gasteiger partial charge in [0.2, 0.25) is 5.79 Å². The van der Waals surface area contributed by atoms with Crippen molar-refractivity contribution in [2.75, 3.05) is 14.2 Å². The maximum atomic E-state index is 5.15. The van der Waals surface area contributed by atoms with Crippen molar-refractivity contribution < 1.29 is 9.47 Å². The van der Waals surface area contributed by atoms with Crippen LogP contribution in [0.25, 0.3) is 0 Å². The predicted octanol–water partition coefficient (Wildman–Crippen LogP) is 0.942. The molecule has 0 aliphatic heterocycles. The van der Waals surface area contributed by atoms with Gasteiger partial charge >= 0.3 is 0 Å². The molecule has 0 spiro atoms. The summed E-state index contributed by atoms with van der Waals surface area (Å²) >= 11 is 0. The minimum atomic E-state index is -0.797. The van der Waals surface area contributed by atoms with E-state index in [1.165, 1.54) is 0 Å². The molecule has 0 aliphatic rings. The zero-order chi connectivity index (χ0) is 9.03. The number of methoxy groups -OCH3 is 2. The Labute approximate surface area is 71.6 Å². The van der Waals surface area contributed by atoms with Crippen molar-refractivity contribution in [3.63, 3.8) is 0 Å². The average molecular weight is 168 g/mol. The molecule has 0 N–H and O–H groups in total. The Kier molecular flexibility index (Phi) is 2.73. The monoisotopic (exact) mass is 168 g/mol. The van der Waals surface area contributed by atoms with E-state index in [9.17, 15) is 0 Å². The predicted molar refractivity (Wildman–Crippen MR) is 43.4 cm³/mol. The third kappa shape index (κ3) is 1.60. The molecule has 1 rings (SSSR count). The van der Waals surface area contributed by atoms with Gasteiger partial charge in [0.05, 0.1) is 6.20 Å². The second-order valence-corrected chi connectivity index (χ2v) is 2.44. The number of ether oxygens (including phenoxy) is 2. The van der Waals surface area contributed by atoms with Crippen LogP contribution in [0.3, 0.4) is 0 Å². The second kappa shape index (κ2) is 3.60. The van der Waals surface area contributed by atoms with Crippen LogP contribution in [0.4, 0.5) is 0 Å². The molecule has 66 valence electrons. The van der Waals surface area contributed by atoms with Gasteiger partial charge in [-0.3, -0.25) is 9.97 Å². The Hall–Kier alpha value is -1.00. The van der Waals surface area contributed by atoms with Gasteiger partial charge in [-0.15, -0.1) is 0 Å². The molecule has 0 saturated heterocycles. The van der Waals surface area contributed by atoms with Crippen LogP contribution in [0.2, 0.25) is 0 Å². The molecule has 0 radical (unpaired) electrons. The van der Waals surface area contributed by atoms with Gasteiger partial charge in [0.25, 0.3) is 0 Å². The van der Waals surface area contributed by atoms with Crippen molar-refractivity contribution in [3.05, 3.63) is 24.3 Å². The molecule has 4 heteroatoms. The van der Waals surface area contributed by atoms with E-state index in [1.54, 1.807) is 39.7 Å². The quantitative estimate of drug-likeness (QED) is 0.630. The molecule has 1 aromatic rings. The minimum Gasteiger partial charge on any atom is -0.348 e. The van der Waals surface area contributed by atoms with Gasteiger partial charge < -0.3 is 9.47 Å². The first kappa shape index (κ1) is 9.09. The maximum Gasteiger partial charge on any atom is 0.210 e. The van der Waals surface area contributed by atoms with E-state index >= 15 is 0 Å². The second-order valence-electron chi connectivity index (χ2n) is 2.44. The molecule has 4 nitrogen and oxygen atoms in total. The summed E-state index contributed by atoms with van der Waals surface area (Å²) in [5.41, 5.74) is 0.662. The minimum absolute atomic E-state index is 0.662. The van der Waals surface area contributed by atoms with Crippen LogP contribution < -0.4 is 0 Å². The molecule has 0 bridgehead atoms. The molecular formula is C8H12N2O2. The van der Waals surface area contributed by atoms with Crippen LogP contribution in [-0.4, -0.2) is 24.2 Å². The number of nitrogens with zero attached hydrogens (tertiary/aromatic N) is 2. The van der Waals surface area contributed by atoms with Crippen molar-refractivity contribution in [2.45, 2.75) is 12.7 Å². The lowest BCUT2D eigenvalue weighted by molar-refractivity contribution is -0.204. The summed E-state index contributed by atoms with van der Waals surface area (Å²) in [6, 6.07) is 0. The van der Waals surface area contributed by atoms with Crippen molar-refractivity contribution in [3.8, 4) is 0 Å². The average Bonchev–Trinajstić information content (AvgIpc) is 2.18. The van der Waals surface area contributed by atoms with Gasteiger partial charge in [-0.05, 0) is 6.92 Å². The molecule has 0 unspecified atom stereocenters. The Morgan fingerprint density at radius 1 is 1.25 bits per heavy atom. The van der Waals surface area contributed by atoms with Crippen LogP contribution in [0, 0.1) is 0 Å². The molecule has 1 aromatic heterocycles. The highest BCUT2D eigenvalue weighted by Crippen LogP contribution is 2.21. The summed E-state index contributed by atoms with van der Waals surface area (Å²) < 4.78 is 10.3. The lowest BCUT2D eigenvalue weighted by Gasteiger charge is -2.24. The lowest BCUT2D eigenvalue weighted by atomic mass is 10.2. The number of rotatable bonds is 3. The van der Waals surface area contributed by atoms with Crippen molar-refractivity contribution in [1.82, 2.24) is 9.97 Å². The molecule has 0 atom stereocenters. The molecule has 0 aromatic carbocycles. The van der Waals surface area contributed by atoms with E-state index in [0.29, 0.717) is 5.69 Å². The van der Waals surface area contributed by atoms with E-state index < -0.39 is 5.79 Å². The van der Waals surface area contributed by atoms with Crippen LogP contribution in [0.1, 0.15) is 12.6 Å². The highest BCUT2D eigenvalue weighted by atomic mass is 16.7. The van der Waals surface area contributed by atoms with E-state index in [4.69, 9.17) is 9.47 Å². The van der Waals surface area contributed by atoms with E-state index in [-0.39, 0.29) is 0 Å². The van der Waals surface area contributed by atoms with Gasteiger partial charge in [0, 0.05) is 26.6 Å². The van der Waals surface area contributed by atoms with Gasteiger partial charge in [-0.2, -0.15) is 0 Å². The highest BCUT2D eigenvalue weighted by molar-refractivity contribution is 5.02. The summed E-state index contributed by atoms with van der Waals surface area (Å²) in [6.45, 7) is 1.79. The summed E-state index contributed by atoms with van der Waals surface area (Å²) in [4.78, 5) is 8.00. The number of aromatic nitrogens is 2. The normalized spacial score (nSPS) is 11.6. The first-order valence-electron chi connectivity index (χ1n) is 3.59. The Bertz CT molecular complexity index is 234. The Morgan fingerprint density at radius 2 is 1.92 bits per heavy atom. The van der Waals surface area contributed by atoms with Crippen LogP contribution >= 0.6 is 0 Å². The Balaban J connectivity index is 2.95. The highest BCUT2D eigenvalue weighted by Gasteiger charge is 2.26. The van der Waals surface area contributed by atoms with Gasteiger partial charge in [-0.1, -0.05) is 0 Å². The van der Waals surface area contributed by atoms with E-state index in [0.717, 1.165) is 0 Å². The molecule has 1 heterocycles. The molecule has 0 saturated carbocycles. The smallest absolute Gasteiger partial charge is 0.210 e. The van der Waals surface area contributed by atoms with Crippen molar-refractivity contribution in [2.24, 2.45) is 0 Å². The molecular weight excluding hydrogens is 156 g/mol. The van der Waals surface area contributed by atoms with Crippen molar-refractivity contribution in [1.29, 1.82) is 0 Å². The molecule has 12 heavy (non-hydrogen) atoms. The standard InChI is InChI=1S/C8H12N2O2/c1-8(11-2,12-3)7-6-9-4-5-10-7/h4-6H,1-3H3. The first-order valence-corrected chi connectivity index (χ1v) is 3.59. The van der Waals surface area contributed by atoms with Crippen LogP contribution in [0.5, 0.6) is 0 Å². The SMILES string of the molecule is COC(C)(OC)c1cnccn1. The number of hydrogen-bond acceptors (Lipinski definition) is 4. The molecule has 0 aliphatic carbocycles. The topological polar surface area (TPSA) is 44.2 Å². The first-order chi connectivity index (χ1) is 5.73. The Morgan fingerprint density at radius 3 is 2.33 bits per heavy atom. The number of hydrogen-bond donors (Lipinski definition) is 0. The summed E-state index contributed by atoms with van der Waals surface area (Å²) in [7, 11) is 3.14. The van der Waals surface area contributed by atoms with Crippen molar-refractivity contribution >= 4 is 0 Å². The fraction of sp³-hybridized carbons (Fsp3) is 0.500. The van der Waals surface area contributed by atoms with E-state index in [1.807, 2.05) is 0 Å². The maximum absolute atomic E-state index is 5.15. The fourth-order valence-electron chi connectivity index (χ4n) is 0.826.